The van der Waals surface area contributed by atoms with Crippen LogP contribution in [0.4, 0.5) is 5.95 Å². The van der Waals surface area contributed by atoms with Gasteiger partial charge in [-0.25, -0.2) is 9.67 Å². The van der Waals surface area contributed by atoms with Crippen LogP contribution in [-0.4, -0.2) is 38.2 Å². The minimum Gasteiger partial charge on any atom is -0.292 e. The van der Waals surface area contributed by atoms with E-state index >= 15 is 0 Å². The van der Waals surface area contributed by atoms with E-state index < -0.39 is 0 Å². The van der Waals surface area contributed by atoms with Crippen LogP contribution in [0.15, 0.2) is 65.4 Å². The largest absolute Gasteiger partial charge is 0.292 e. The van der Waals surface area contributed by atoms with Crippen molar-refractivity contribution in [2.24, 2.45) is 0 Å². The molecule has 1 aliphatic rings. The normalized spacial score (nSPS) is 17.0. The number of nitrogens with zero attached hydrogens (tertiary/aromatic N) is 4. The van der Waals surface area contributed by atoms with Crippen molar-refractivity contribution < 1.29 is 4.79 Å². The van der Waals surface area contributed by atoms with Crippen LogP contribution < -0.4 is 5.32 Å². The molecule has 144 valence electrons. The summed E-state index contributed by atoms with van der Waals surface area (Å²) in [4.78, 5) is 19.2. The van der Waals surface area contributed by atoms with E-state index in [-0.39, 0.29) is 11.9 Å². The Bertz CT molecular complexity index is 925. The molecule has 1 amide bonds. The highest BCUT2D eigenvalue weighted by Gasteiger charge is 2.31. The standard InChI is InChI=1S/C21H22BrN5O/c22-18-10-8-17(9-11-18)14-27-15-23-21(25-27)24-20(28)19-7-4-12-26(19)13-16-5-2-1-3-6-16/h1-3,5-6,8-11,15,19H,4,7,12-14H2,(H,24,25,28). The molecule has 1 unspecified atom stereocenters. The van der Waals surface area contributed by atoms with E-state index in [0.717, 1.165) is 36.0 Å². The summed E-state index contributed by atoms with van der Waals surface area (Å²) in [6.07, 6.45) is 3.53. The number of likely N-dealkylation sites (tertiary alicyclic amines) is 1. The molecule has 1 aromatic heterocycles. The highest BCUT2D eigenvalue weighted by molar-refractivity contribution is 9.10. The van der Waals surface area contributed by atoms with E-state index in [9.17, 15) is 4.79 Å². The molecule has 0 spiro atoms. The number of hydrogen-bond donors (Lipinski definition) is 1. The molecule has 3 aromatic rings. The molecule has 1 aliphatic heterocycles. The third kappa shape index (κ3) is 4.66. The Morgan fingerprint density at radius 1 is 1.07 bits per heavy atom. The average molecular weight is 440 g/mol. The molecule has 0 bridgehead atoms. The summed E-state index contributed by atoms with van der Waals surface area (Å²) in [7, 11) is 0. The second kappa shape index (κ2) is 8.67. The van der Waals surface area contributed by atoms with E-state index in [1.807, 2.05) is 42.5 Å². The van der Waals surface area contributed by atoms with Gasteiger partial charge in [0.1, 0.15) is 6.33 Å². The zero-order valence-corrected chi connectivity index (χ0v) is 17.0. The lowest BCUT2D eigenvalue weighted by Crippen LogP contribution is -2.39. The van der Waals surface area contributed by atoms with Crippen LogP contribution in [0.1, 0.15) is 24.0 Å². The quantitative estimate of drug-likeness (QED) is 0.635. The summed E-state index contributed by atoms with van der Waals surface area (Å²) in [5, 5.41) is 7.28. The molecule has 2 heterocycles. The highest BCUT2D eigenvalue weighted by Crippen LogP contribution is 2.21. The van der Waals surface area contributed by atoms with Crippen LogP contribution in [0.2, 0.25) is 0 Å². The number of carbonyl (C=O) groups is 1. The molecule has 6 nitrogen and oxygen atoms in total. The molecule has 0 radical (unpaired) electrons. The van der Waals surface area contributed by atoms with Crippen LogP contribution >= 0.6 is 15.9 Å². The molecule has 1 fully saturated rings. The Morgan fingerprint density at radius 2 is 1.82 bits per heavy atom. The summed E-state index contributed by atoms with van der Waals surface area (Å²) in [5.41, 5.74) is 2.34. The number of rotatable bonds is 6. The number of aromatic nitrogens is 3. The van der Waals surface area contributed by atoms with E-state index in [4.69, 9.17) is 0 Å². The smallest absolute Gasteiger partial charge is 0.248 e. The summed E-state index contributed by atoms with van der Waals surface area (Å²) < 4.78 is 2.77. The van der Waals surface area contributed by atoms with Crippen LogP contribution in [0.25, 0.3) is 0 Å². The first kappa shape index (κ1) is 18.8. The molecule has 4 rings (SSSR count). The first-order chi connectivity index (χ1) is 13.7. The highest BCUT2D eigenvalue weighted by atomic mass is 79.9. The van der Waals surface area contributed by atoms with Gasteiger partial charge in [0, 0.05) is 11.0 Å². The van der Waals surface area contributed by atoms with Gasteiger partial charge in [0.15, 0.2) is 0 Å². The minimum atomic E-state index is -0.140. The number of anilines is 1. The topological polar surface area (TPSA) is 63.1 Å². The van der Waals surface area contributed by atoms with Gasteiger partial charge >= 0.3 is 0 Å². The van der Waals surface area contributed by atoms with Gasteiger partial charge in [-0.05, 0) is 42.6 Å². The first-order valence-corrected chi connectivity index (χ1v) is 10.2. The van der Waals surface area contributed by atoms with Crippen molar-refractivity contribution in [3.05, 3.63) is 76.5 Å². The second-order valence-electron chi connectivity index (χ2n) is 7.00. The predicted molar refractivity (Wildman–Crippen MR) is 112 cm³/mol. The fourth-order valence-corrected chi connectivity index (χ4v) is 3.79. The number of carbonyl (C=O) groups excluding carboxylic acids is 1. The SMILES string of the molecule is O=C(Nc1ncn(Cc2ccc(Br)cc2)n1)C1CCCN1Cc1ccccc1. The molecule has 2 aromatic carbocycles. The molecule has 0 aliphatic carbocycles. The first-order valence-electron chi connectivity index (χ1n) is 9.40. The summed E-state index contributed by atoms with van der Waals surface area (Å²) in [6.45, 7) is 2.32. The molecular formula is C21H22BrN5O. The molecule has 1 atom stereocenters. The fourth-order valence-electron chi connectivity index (χ4n) is 3.53. The second-order valence-corrected chi connectivity index (χ2v) is 7.91. The lowest BCUT2D eigenvalue weighted by molar-refractivity contribution is -0.120. The van der Waals surface area contributed by atoms with Crippen molar-refractivity contribution in [2.45, 2.75) is 32.0 Å². The van der Waals surface area contributed by atoms with Crippen LogP contribution in [-0.2, 0) is 17.9 Å². The van der Waals surface area contributed by atoms with Gasteiger partial charge in [-0.3, -0.25) is 15.0 Å². The lowest BCUT2D eigenvalue weighted by atomic mass is 10.1. The Morgan fingerprint density at radius 3 is 2.61 bits per heavy atom. The van der Waals surface area contributed by atoms with Crippen molar-refractivity contribution in [2.75, 3.05) is 11.9 Å². The van der Waals surface area contributed by atoms with Gasteiger partial charge in [-0.15, -0.1) is 5.10 Å². The Labute approximate surface area is 172 Å². The minimum absolute atomic E-state index is 0.0326. The van der Waals surface area contributed by atoms with Crippen LogP contribution in [0.5, 0.6) is 0 Å². The lowest BCUT2D eigenvalue weighted by Gasteiger charge is -2.23. The maximum absolute atomic E-state index is 12.8. The monoisotopic (exact) mass is 439 g/mol. The zero-order valence-electron chi connectivity index (χ0n) is 15.5. The average Bonchev–Trinajstić information content (AvgIpc) is 3.34. The van der Waals surface area contributed by atoms with Crippen molar-refractivity contribution in [1.82, 2.24) is 19.7 Å². The third-order valence-electron chi connectivity index (χ3n) is 4.92. The molecule has 0 saturated carbocycles. The van der Waals surface area contributed by atoms with E-state index in [0.29, 0.717) is 12.5 Å². The van der Waals surface area contributed by atoms with Gasteiger partial charge in [-0.1, -0.05) is 58.4 Å². The predicted octanol–water partition coefficient (Wildman–Crippen LogP) is 3.69. The van der Waals surface area contributed by atoms with Gasteiger partial charge in [0.05, 0.1) is 12.6 Å². The molecule has 7 heteroatoms. The molecule has 1 N–H and O–H groups in total. The maximum Gasteiger partial charge on any atom is 0.248 e. The van der Waals surface area contributed by atoms with Gasteiger partial charge in [-0.2, -0.15) is 0 Å². The summed E-state index contributed by atoms with van der Waals surface area (Å²) in [6, 6.07) is 18.2. The summed E-state index contributed by atoms with van der Waals surface area (Å²) in [5.74, 6) is 0.323. The molecule has 28 heavy (non-hydrogen) atoms. The van der Waals surface area contributed by atoms with E-state index in [1.54, 1.807) is 11.0 Å². The third-order valence-corrected chi connectivity index (χ3v) is 5.45. The number of amides is 1. The number of hydrogen-bond acceptors (Lipinski definition) is 4. The molecule has 1 saturated heterocycles. The zero-order chi connectivity index (χ0) is 19.3. The maximum atomic E-state index is 12.8. The van der Waals surface area contributed by atoms with E-state index in [1.165, 1.54) is 5.56 Å². The number of halogens is 1. The van der Waals surface area contributed by atoms with E-state index in [2.05, 4.69) is 48.4 Å². The number of benzene rings is 2. The number of nitrogens with one attached hydrogen (secondary N) is 1. The van der Waals surface area contributed by atoms with Crippen molar-refractivity contribution in [3.63, 3.8) is 0 Å². The van der Waals surface area contributed by atoms with Crippen molar-refractivity contribution >= 4 is 27.8 Å². The van der Waals surface area contributed by atoms with Crippen LogP contribution in [0, 0.1) is 0 Å². The fraction of sp³-hybridized carbons (Fsp3) is 0.286. The van der Waals surface area contributed by atoms with Gasteiger partial charge in [0.2, 0.25) is 11.9 Å². The Kier molecular flexibility index (Phi) is 5.83. The van der Waals surface area contributed by atoms with Crippen molar-refractivity contribution in [3.8, 4) is 0 Å². The Balaban J connectivity index is 1.36. The van der Waals surface area contributed by atoms with Gasteiger partial charge in [0.25, 0.3) is 0 Å². The van der Waals surface area contributed by atoms with Gasteiger partial charge < -0.3 is 0 Å². The molecular weight excluding hydrogens is 418 g/mol. The van der Waals surface area contributed by atoms with Crippen molar-refractivity contribution in [1.29, 1.82) is 0 Å². The summed E-state index contributed by atoms with van der Waals surface area (Å²) >= 11 is 3.43. The van der Waals surface area contributed by atoms with Crippen LogP contribution in [0.3, 0.4) is 0 Å². The Hall–Kier alpha value is -2.51.